The molecule has 0 radical (unpaired) electrons. The predicted molar refractivity (Wildman–Crippen MR) is 109 cm³/mol. The van der Waals surface area contributed by atoms with Crippen molar-refractivity contribution in [3.05, 3.63) is 66.4 Å². The highest BCUT2D eigenvalue weighted by atomic mass is 16.5. The maximum atomic E-state index is 11.7. The van der Waals surface area contributed by atoms with E-state index in [2.05, 4.69) is 15.6 Å². The Morgan fingerprint density at radius 1 is 1.14 bits per heavy atom. The van der Waals surface area contributed by atoms with Crippen LogP contribution in [0.4, 0.5) is 11.4 Å². The van der Waals surface area contributed by atoms with Crippen LogP contribution in [0.1, 0.15) is 23.7 Å². The molecule has 28 heavy (non-hydrogen) atoms. The molecule has 1 atom stereocenters. The third-order valence-corrected chi connectivity index (χ3v) is 4.50. The first kappa shape index (κ1) is 19.3. The lowest BCUT2D eigenvalue weighted by atomic mass is 9.99. The van der Waals surface area contributed by atoms with Gasteiger partial charge < -0.3 is 15.4 Å². The quantitative estimate of drug-likeness (QED) is 0.273. The highest BCUT2D eigenvalue weighted by Crippen LogP contribution is 2.20. The molecule has 1 heterocycles. The minimum atomic E-state index is -0.780. The molecule has 2 aromatic carbocycles. The number of amides is 1. The first-order valence-corrected chi connectivity index (χ1v) is 8.91. The molecule has 1 aromatic heterocycles. The second-order valence-corrected chi connectivity index (χ2v) is 6.77. The number of fused-ring (bicyclic) bond motifs is 1. The van der Waals surface area contributed by atoms with Crippen molar-refractivity contribution in [2.75, 3.05) is 17.2 Å². The van der Waals surface area contributed by atoms with E-state index in [-0.39, 0.29) is 0 Å². The number of hydrogen-bond acceptors (Lipinski definition) is 6. The van der Waals surface area contributed by atoms with Gasteiger partial charge in [0.05, 0.1) is 22.9 Å². The molecule has 1 unspecified atom stereocenters. The summed E-state index contributed by atoms with van der Waals surface area (Å²) in [5.74, 6) is -0.585. The summed E-state index contributed by atoms with van der Waals surface area (Å²) in [6, 6.07) is 16.4. The number of rotatable bonds is 8. The first-order chi connectivity index (χ1) is 13.5. The van der Waals surface area contributed by atoms with Gasteiger partial charge in [0.1, 0.15) is 6.29 Å². The number of carbonyl (C=O) groups excluding carboxylic acids is 2. The van der Waals surface area contributed by atoms with Crippen LogP contribution in [0.25, 0.3) is 10.9 Å². The highest BCUT2D eigenvalue weighted by Gasteiger charge is 2.23. The van der Waals surface area contributed by atoms with Gasteiger partial charge in [-0.05, 0) is 49.7 Å². The largest absolute Gasteiger partial charge is 0.384 e. The van der Waals surface area contributed by atoms with E-state index in [0.717, 1.165) is 22.9 Å². The van der Waals surface area contributed by atoms with Crippen LogP contribution >= 0.6 is 0 Å². The zero-order valence-corrected chi connectivity index (χ0v) is 15.5. The molecule has 0 fully saturated rings. The fraction of sp³-hybridized carbons (Fsp3) is 0.190. The van der Waals surface area contributed by atoms with Crippen LogP contribution in [-0.2, 0) is 4.79 Å². The van der Waals surface area contributed by atoms with Crippen LogP contribution < -0.4 is 16.1 Å². The minimum absolute atomic E-state index is 0.325. The summed E-state index contributed by atoms with van der Waals surface area (Å²) in [6.07, 6.45) is 3.20. The summed E-state index contributed by atoms with van der Waals surface area (Å²) in [4.78, 5) is 27.5. The average Bonchev–Trinajstić information content (AvgIpc) is 2.73. The minimum Gasteiger partial charge on any atom is -0.384 e. The molecule has 0 aliphatic carbocycles. The Morgan fingerprint density at radius 2 is 1.89 bits per heavy atom. The lowest BCUT2D eigenvalue weighted by molar-refractivity contribution is -0.111. The van der Waals surface area contributed by atoms with Crippen LogP contribution in [0.3, 0.4) is 0 Å². The molecule has 4 N–H and O–H groups in total. The Kier molecular flexibility index (Phi) is 5.86. The van der Waals surface area contributed by atoms with E-state index in [1.807, 2.05) is 37.3 Å². The van der Waals surface area contributed by atoms with Gasteiger partial charge in [-0.25, -0.2) is 5.48 Å². The van der Waals surface area contributed by atoms with Crippen molar-refractivity contribution in [2.45, 2.75) is 18.9 Å². The number of hydrogen-bond donors (Lipinski definition) is 4. The fourth-order valence-corrected chi connectivity index (χ4v) is 2.88. The van der Waals surface area contributed by atoms with Crippen LogP contribution in [0.5, 0.6) is 0 Å². The summed E-state index contributed by atoms with van der Waals surface area (Å²) < 4.78 is 0. The molecule has 0 bridgehead atoms. The van der Waals surface area contributed by atoms with Crippen molar-refractivity contribution in [3.8, 4) is 0 Å². The second-order valence-electron chi connectivity index (χ2n) is 6.77. The number of carbonyl (C=O) groups is 2. The number of hydroxylamine groups is 1. The number of aromatic nitrogens is 1. The lowest BCUT2D eigenvalue weighted by Gasteiger charge is -2.26. The number of benzene rings is 2. The number of aldehydes is 1. The van der Waals surface area contributed by atoms with Crippen molar-refractivity contribution < 1.29 is 14.8 Å². The van der Waals surface area contributed by atoms with Gasteiger partial charge in [-0.2, -0.15) is 0 Å². The summed E-state index contributed by atoms with van der Waals surface area (Å²) >= 11 is 0. The molecular formula is C21H22N4O3. The molecule has 7 nitrogen and oxygen atoms in total. The SMILES string of the molecule is CC(C=O)(CCNc1cnc2ccccc2c1)Nc1ccc(C(=O)NO)cc1. The van der Waals surface area contributed by atoms with Crippen LogP contribution in [0, 0.1) is 0 Å². The monoisotopic (exact) mass is 378 g/mol. The maximum absolute atomic E-state index is 11.7. The van der Waals surface area contributed by atoms with Crippen molar-refractivity contribution >= 4 is 34.5 Å². The second kappa shape index (κ2) is 8.49. The van der Waals surface area contributed by atoms with Gasteiger partial charge in [-0.1, -0.05) is 18.2 Å². The van der Waals surface area contributed by atoms with Crippen LogP contribution in [0.2, 0.25) is 0 Å². The van der Waals surface area contributed by atoms with E-state index in [0.29, 0.717) is 24.2 Å². The molecule has 7 heteroatoms. The highest BCUT2D eigenvalue weighted by molar-refractivity contribution is 5.93. The Balaban J connectivity index is 1.60. The smallest absolute Gasteiger partial charge is 0.274 e. The van der Waals surface area contributed by atoms with Crippen LogP contribution in [-0.4, -0.2) is 34.5 Å². The van der Waals surface area contributed by atoms with E-state index in [1.165, 1.54) is 0 Å². The Hall–Kier alpha value is -3.45. The van der Waals surface area contributed by atoms with Gasteiger partial charge in [-0.15, -0.1) is 0 Å². The predicted octanol–water partition coefficient (Wildman–Crippen LogP) is 3.23. The molecular weight excluding hydrogens is 356 g/mol. The van der Waals surface area contributed by atoms with Crippen LogP contribution in [0.15, 0.2) is 60.8 Å². The maximum Gasteiger partial charge on any atom is 0.274 e. The van der Waals surface area contributed by atoms with Gasteiger partial charge in [0.25, 0.3) is 5.91 Å². The van der Waals surface area contributed by atoms with E-state index < -0.39 is 11.4 Å². The molecule has 144 valence electrons. The van der Waals surface area contributed by atoms with E-state index >= 15 is 0 Å². The Bertz CT molecular complexity index is 975. The van der Waals surface area contributed by atoms with Crippen molar-refractivity contribution in [1.29, 1.82) is 0 Å². The average molecular weight is 378 g/mol. The van der Waals surface area contributed by atoms with Gasteiger partial charge in [-0.3, -0.25) is 15.0 Å². The number of nitrogens with zero attached hydrogens (tertiary/aromatic N) is 1. The van der Waals surface area contributed by atoms with Gasteiger partial charge in [0.15, 0.2) is 0 Å². The standard InChI is InChI=1S/C21H22N4O3/c1-21(14-26,24-17-8-6-15(7-9-17)20(27)25-28)10-11-22-18-12-16-4-2-3-5-19(16)23-13-18/h2-9,12-14,22,24,28H,10-11H2,1H3,(H,25,27). The van der Waals surface area contributed by atoms with Crippen molar-refractivity contribution in [2.24, 2.45) is 0 Å². The summed E-state index contributed by atoms with van der Waals surface area (Å²) in [7, 11) is 0. The van der Waals surface area contributed by atoms with E-state index in [9.17, 15) is 9.59 Å². The van der Waals surface area contributed by atoms with E-state index in [1.54, 1.807) is 35.9 Å². The van der Waals surface area contributed by atoms with Crippen molar-refractivity contribution in [1.82, 2.24) is 10.5 Å². The normalized spacial score (nSPS) is 12.8. The zero-order valence-electron chi connectivity index (χ0n) is 15.5. The van der Waals surface area contributed by atoms with Gasteiger partial charge >= 0.3 is 0 Å². The molecule has 0 aliphatic heterocycles. The summed E-state index contributed by atoms with van der Waals surface area (Å²) in [6.45, 7) is 2.39. The molecule has 1 amide bonds. The molecule has 3 aromatic rings. The topological polar surface area (TPSA) is 103 Å². The molecule has 0 saturated carbocycles. The van der Waals surface area contributed by atoms with Gasteiger partial charge in [0, 0.05) is 23.2 Å². The molecule has 0 saturated heterocycles. The summed E-state index contributed by atoms with van der Waals surface area (Å²) in [5, 5.41) is 16.2. The number of nitrogens with one attached hydrogen (secondary N) is 3. The number of para-hydroxylation sites is 1. The Labute approximate surface area is 162 Å². The summed E-state index contributed by atoms with van der Waals surface area (Å²) in [5.41, 5.74) is 3.67. The lowest BCUT2D eigenvalue weighted by Crippen LogP contribution is -2.38. The fourth-order valence-electron chi connectivity index (χ4n) is 2.88. The molecule has 0 spiro atoms. The number of anilines is 2. The van der Waals surface area contributed by atoms with Crippen molar-refractivity contribution in [3.63, 3.8) is 0 Å². The zero-order chi connectivity index (χ0) is 20.0. The third kappa shape index (κ3) is 4.63. The molecule has 3 rings (SSSR count). The first-order valence-electron chi connectivity index (χ1n) is 8.91. The third-order valence-electron chi connectivity index (χ3n) is 4.50. The van der Waals surface area contributed by atoms with E-state index in [4.69, 9.17) is 5.21 Å². The molecule has 0 aliphatic rings. The number of pyridine rings is 1. The Morgan fingerprint density at radius 3 is 2.61 bits per heavy atom. The van der Waals surface area contributed by atoms with Gasteiger partial charge in [0.2, 0.25) is 0 Å².